The van der Waals surface area contributed by atoms with Crippen LogP contribution in [-0.2, 0) is 20.9 Å². The number of benzene rings is 2. The van der Waals surface area contributed by atoms with Crippen LogP contribution >= 0.6 is 11.6 Å². The van der Waals surface area contributed by atoms with E-state index in [0.717, 1.165) is 33.5 Å². The molecule has 5 nitrogen and oxygen atoms in total. The molecule has 0 spiro atoms. The lowest BCUT2D eigenvalue weighted by Crippen LogP contribution is -2.24. The summed E-state index contributed by atoms with van der Waals surface area (Å²) in [7, 11) is 0. The molecule has 0 saturated carbocycles. The van der Waals surface area contributed by atoms with Crippen LogP contribution in [0, 0.1) is 6.92 Å². The largest absolute Gasteiger partial charge is 0.460 e. The van der Waals surface area contributed by atoms with Crippen molar-refractivity contribution in [2.45, 2.75) is 46.3 Å². The Hall–Kier alpha value is -2.50. The van der Waals surface area contributed by atoms with Crippen LogP contribution < -0.4 is 0 Å². The predicted octanol–water partition coefficient (Wildman–Crippen LogP) is 5.51. The van der Waals surface area contributed by atoms with Crippen molar-refractivity contribution in [2.75, 3.05) is 6.61 Å². The SMILES string of the molecule is Cc1ccc2nc(-c3ccc(Cl)cc3)c(COCCC(=O)OC(C)(C)C)nc2c1. The van der Waals surface area contributed by atoms with Gasteiger partial charge in [0.2, 0.25) is 0 Å². The zero-order valence-corrected chi connectivity index (χ0v) is 17.9. The Morgan fingerprint density at radius 1 is 1.03 bits per heavy atom. The van der Waals surface area contributed by atoms with Crippen molar-refractivity contribution in [3.8, 4) is 11.3 Å². The topological polar surface area (TPSA) is 61.3 Å². The van der Waals surface area contributed by atoms with E-state index in [9.17, 15) is 4.79 Å². The Kier molecular flexibility index (Phi) is 6.50. The van der Waals surface area contributed by atoms with Crippen LogP contribution in [0.15, 0.2) is 42.5 Å². The normalized spacial score (nSPS) is 11.6. The minimum absolute atomic E-state index is 0.188. The number of hydrogen-bond acceptors (Lipinski definition) is 5. The minimum Gasteiger partial charge on any atom is -0.460 e. The van der Waals surface area contributed by atoms with Crippen LogP contribution in [0.1, 0.15) is 38.4 Å². The van der Waals surface area contributed by atoms with Gasteiger partial charge in [0.15, 0.2) is 0 Å². The standard InChI is InChI=1S/C23H25ClN2O3/c1-15-5-10-18-19(13-15)25-20(14-28-12-11-21(27)29-23(2,3)4)22(26-18)16-6-8-17(24)9-7-16/h5-10,13H,11-12,14H2,1-4H3. The molecule has 2 aromatic carbocycles. The zero-order valence-electron chi connectivity index (χ0n) is 17.2. The maximum Gasteiger partial charge on any atom is 0.308 e. The van der Waals surface area contributed by atoms with Gasteiger partial charge in [0.25, 0.3) is 0 Å². The van der Waals surface area contributed by atoms with Gasteiger partial charge in [0.1, 0.15) is 5.60 Å². The lowest BCUT2D eigenvalue weighted by Gasteiger charge is -2.19. The second kappa shape index (κ2) is 8.89. The zero-order chi connectivity index (χ0) is 21.0. The van der Waals surface area contributed by atoms with Gasteiger partial charge in [-0.25, -0.2) is 9.97 Å². The molecular weight excluding hydrogens is 388 g/mol. The second-order valence-electron chi connectivity index (χ2n) is 7.91. The number of hydrogen-bond donors (Lipinski definition) is 0. The van der Waals surface area contributed by atoms with Crippen molar-refractivity contribution in [1.29, 1.82) is 0 Å². The Bertz CT molecular complexity index is 1010. The van der Waals surface area contributed by atoms with E-state index in [4.69, 9.17) is 31.0 Å². The molecule has 152 valence electrons. The molecule has 0 saturated heterocycles. The summed E-state index contributed by atoms with van der Waals surface area (Å²) in [6, 6.07) is 13.4. The van der Waals surface area contributed by atoms with Gasteiger partial charge in [-0.1, -0.05) is 29.8 Å². The van der Waals surface area contributed by atoms with Crippen molar-refractivity contribution in [3.63, 3.8) is 0 Å². The number of rotatable bonds is 6. The molecule has 1 aromatic heterocycles. The predicted molar refractivity (Wildman–Crippen MR) is 115 cm³/mol. The third-order valence-corrected chi connectivity index (χ3v) is 4.37. The first-order chi connectivity index (χ1) is 13.7. The molecule has 0 aliphatic heterocycles. The lowest BCUT2D eigenvalue weighted by molar-refractivity contribution is -0.156. The summed E-state index contributed by atoms with van der Waals surface area (Å²) in [6.07, 6.45) is 0.188. The summed E-state index contributed by atoms with van der Waals surface area (Å²) in [6.45, 7) is 8.05. The molecule has 0 amide bonds. The molecule has 0 aliphatic carbocycles. The quantitative estimate of drug-likeness (QED) is 0.394. The summed E-state index contributed by atoms with van der Waals surface area (Å²) in [5.74, 6) is -0.282. The van der Waals surface area contributed by atoms with Gasteiger partial charge < -0.3 is 9.47 Å². The molecule has 0 radical (unpaired) electrons. The fourth-order valence-electron chi connectivity index (χ4n) is 2.86. The van der Waals surface area contributed by atoms with Crippen molar-refractivity contribution < 1.29 is 14.3 Å². The van der Waals surface area contributed by atoms with Crippen molar-refractivity contribution in [3.05, 3.63) is 58.7 Å². The van der Waals surface area contributed by atoms with Crippen LogP contribution in [-0.4, -0.2) is 28.1 Å². The lowest BCUT2D eigenvalue weighted by atomic mass is 10.1. The maximum absolute atomic E-state index is 11.9. The molecule has 0 fully saturated rings. The maximum atomic E-state index is 11.9. The smallest absolute Gasteiger partial charge is 0.308 e. The first-order valence-corrected chi connectivity index (χ1v) is 9.92. The van der Waals surface area contributed by atoms with Crippen LogP contribution in [0.3, 0.4) is 0 Å². The van der Waals surface area contributed by atoms with Gasteiger partial charge in [0.05, 0.1) is 42.1 Å². The fraction of sp³-hybridized carbons (Fsp3) is 0.348. The summed E-state index contributed by atoms with van der Waals surface area (Å²) in [5, 5.41) is 0.660. The highest BCUT2D eigenvalue weighted by molar-refractivity contribution is 6.30. The van der Waals surface area contributed by atoms with E-state index >= 15 is 0 Å². The molecule has 3 rings (SSSR count). The highest BCUT2D eigenvalue weighted by Crippen LogP contribution is 2.26. The van der Waals surface area contributed by atoms with E-state index in [1.54, 1.807) is 0 Å². The molecular formula is C23H25ClN2O3. The van der Waals surface area contributed by atoms with Gasteiger partial charge in [-0.05, 0) is 57.5 Å². The average Bonchev–Trinajstić information content (AvgIpc) is 2.64. The fourth-order valence-corrected chi connectivity index (χ4v) is 2.98. The number of esters is 1. The van der Waals surface area contributed by atoms with Crippen LogP contribution in [0.4, 0.5) is 0 Å². The summed E-state index contributed by atoms with van der Waals surface area (Å²) in [4.78, 5) is 21.4. The molecule has 0 unspecified atom stereocenters. The minimum atomic E-state index is -0.499. The third kappa shape index (κ3) is 5.99. The van der Waals surface area contributed by atoms with Gasteiger partial charge in [-0.2, -0.15) is 0 Å². The van der Waals surface area contributed by atoms with Gasteiger partial charge in [-0.3, -0.25) is 4.79 Å². The monoisotopic (exact) mass is 412 g/mol. The highest BCUT2D eigenvalue weighted by Gasteiger charge is 2.16. The second-order valence-corrected chi connectivity index (χ2v) is 8.34. The van der Waals surface area contributed by atoms with Gasteiger partial charge in [0, 0.05) is 10.6 Å². The molecule has 0 aliphatic rings. The van der Waals surface area contributed by atoms with Crippen molar-refractivity contribution in [2.24, 2.45) is 0 Å². The Morgan fingerprint density at radius 3 is 2.45 bits per heavy atom. The summed E-state index contributed by atoms with van der Waals surface area (Å²) >= 11 is 6.02. The van der Waals surface area contributed by atoms with Crippen LogP contribution in [0.5, 0.6) is 0 Å². The number of aromatic nitrogens is 2. The first-order valence-electron chi connectivity index (χ1n) is 9.54. The number of ether oxygens (including phenoxy) is 2. The molecule has 6 heteroatoms. The van der Waals surface area contributed by atoms with E-state index in [1.807, 2.05) is 70.2 Å². The number of nitrogens with zero attached hydrogens (tertiary/aromatic N) is 2. The number of aryl methyl sites for hydroxylation is 1. The Balaban J connectivity index is 1.80. The number of fused-ring (bicyclic) bond motifs is 1. The average molecular weight is 413 g/mol. The molecule has 0 bridgehead atoms. The van der Waals surface area contributed by atoms with Gasteiger partial charge in [-0.15, -0.1) is 0 Å². The molecule has 29 heavy (non-hydrogen) atoms. The third-order valence-electron chi connectivity index (χ3n) is 4.12. The van der Waals surface area contributed by atoms with Crippen LogP contribution in [0.2, 0.25) is 5.02 Å². The molecule has 3 aromatic rings. The molecule has 0 atom stereocenters. The van der Waals surface area contributed by atoms with E-state index in [1.165, 1.54) is 0 Å². The number of carbonyl (C=O) groups excluding carboxylic acids is 1. The van der Waals surface area contributed by atoms with E-state index < -0.39 is 5.60 Å². The van der Waals surface area contributed by atoms with E-state index in [0.29, 0.717) is 5.02 Å². The number of carbonyl (C=O) groups is 1. The molecule has 1 heterocycles. The van der Waals surface area contributed by atoms with Gasteiger partial charge >= 0.3 is 5.97 Å². The van der Waals surface area contributed by atoms with E-state index in [2.05, 4.69) is 0 Å². The Labute approximate surface area is 176 Å². The highest BCUT2D eigenvalue weighted by atomic mass is 35.5. The van der Waals surface area contributed by atoms with E-state index in [-0.39, 0.29) is 25.6 Å². The van der Waals surface area contributed by atoms with Crippen molar-refractivity contribution >= 4 is 28.6 Å². The molecule has 0 N–H and O–H groups in total. The summed E-state index contributed by atoms with van der Waals surface area (Å²) in [5.41, 5.74) is 4.62. The Morgan fingerprint density at radius 2 is 1.76 bits per heavy atom. The summed E-state index contributed by atoms with van der Waals surface area (Å²) < 4.78 is 11.0. The number of halogens is 1. The van der Waals surface area contributed by atoms with Crippen LogP contribution in [0.25, 0.3) is 22.3 Å². The van der Waals surface area contributed by atoms with Crippen molar-refractivity contribution in [1.82, 2.24) is 9.97 Å². The first kappa shape index (κ1) is 21.2.